The number of carbonyl (C=O) groups is 1. The minimum Gasteiger partial charge on any atom is -0.479 e. The average molecular weight is 406 g/mol. The molecular weight excluding hydrogens is 389 g/mol. The number of ether oxygens (including phenoxy) is 1. The van der Waals surface area contributed by atoms with E-state index in [4.69, 9.17) is 32.5 Å². The van der Waals surface area contributed by atoms with Crippen LogP contribution in [0.1, 0.15) is 12.8 Å². The SMILES string of the molecule is C[C@H](Oc1ccccc1Cl)C(=O)N(C)Cc1nc(-c2ccc(Cl)cc2)no1. The molecule has 0 radical (unpaired) electrons. The van der Waals surface area contributed by atoms with E-state index in [1.165, 1.54) is 4.90 Å². The summed E-state index contributed by atoms with van der Waals surface area (Å²) in [6.45, 7) is 1.82. The Bertz CT molecular complexity index is 928. The molecule has 0 unspecified atom stereocenters. The van der Waals surface area contributed by atoms with Crippen LogP contribution in [0.5, 0.6) is 5.75 Å². The van der Waals surface area contributed by atoms with Gasteiger partial charge in [-0.05, 0) is 43.3 Å². The summed E-state index contributed by atoms with van der Waals surface area (Å²) in [5.41, 5.74) is 0.777. The van der Waals surface area contributed by atoms with Crippen molar-refractivity contribution >= 4 is 29.1 Å². The van der Waals surface area contributed by atoms with E-state index in [0.717, 1.165) is 5.56 Å². The maximum atomic E-state index is 12.5. The Morgan fingerprint density at radius 2 is 1.89 bits per heavy atom. The van der Waals surface area contributed by atoms with E-state index in [1.807, 2.05) is 0 Å². The highest BCUT2D eigenvalue weighted by molar-refractivity contribution is 6.32. The molecule has 0 spiro atoms. The highest BCUT2D eigenvalue weighted by Crippen LogP contribution is 2.24. The van der Waals surface area contributed by atoms with E-state index >= 15 is 0 Å². The number of nitrogens with zero attached hydrogens (tertiary/aromatic N) is 3. The summed E-state index contributed by atoms with van der Waals surface area (Å²) >= 11 is 11.9. The normalized spacial score (nSPS) is 11.9. The predicted octanol–water partition coefficient (Wildman–Crippen LogP) is 4.47. The van der Waals surface area contributed by atoms with Gasteiger partial charge in [-0.15, -0.1) is 0 Å². The van der Waals surface area contributed by atoms with E-state index in [1.54, 1.807) is 62.5 Å². The lowest BCUT2D eigenvalue weighted by Crippen LogP contribution is -2.37. The Morgan fingerprint density at radius 3 is 2.59 bits per heavy atom. The molecule has 8 heteroatoms. The van der Waals surface area contributed by atoms with E-state index in [2.05, 4.69) is 10.1 Å². The topological polar surface area (TPSA) is 68.5 Å². The zero-order chi connectivity index (χ0) is 19.4. The van der Waals surface area contributed by atoms with Crippen LogP contribution in [0.25, 0.3) is 11.4 Å². The van der Waals surface area contributed by atoms with Crippen molar-refractivity contribution in [1.82, 2.24) is 15.0 Å². The van der Waals surface area contributed by atoms with Crippen molar-refractivity contribution in [2.24, 2.45) is 0 Å². The maximum absolute atomic E-state index is 12.5. The maximum Gasteiger partial charge on any atom is 0.263 e. The highest BCUT2D eigenvalue weighted by atomic mass is 35.5. The fourth-order valence-electron chi connectivity index (χ4n) is 2.41. The summed E-state index contributed by atoms with van der Waals surface area (Å²) in [5, 5.41) is 5.01. The average Bonchev–Trinajstić information content (AvgIpc) is 3.12. The van der Waals surface area contributed by atoms with Crippen LogP contribution in [0.4, 0.5) is 0 Å². The third-order valence-corrected chi connectivity index (χ3v) is 4.37. The molecule has 27 heavy (non-hydrogen) atoms. The molecule has 0 aliphatic heterocycles. The monoisotopic (exact) mass is 405 g/mol. The largest absolute Gasteiger partial charge is 0.479 e. The highest BCUT2D eigenvalue weighted by Gasteiger charge is 2.22. The van der Waals surface area contributed by atoms with Crippen molar-refractivity contribution in [3.8, 4) is 17.1 Å². The number of hydrogen-bond donors (Lipinski definition) is 0. The first-order valence-electron chi connectivity index (χ1n) is 8.18. The summed E-state index contributed by atoms with van der Waals surface area (Å²) in [4.78, 5) is 18.3. The Kier molecular flexibility index (Phi) is 5.98. The summed E-state index contributed by atoms with van der Waals surface area (Å²) in [5.74, 6) is 0.973. The third kappa shape index (κ3) is 4.78. The van der Waals surface area contributed by atoms with Gasteiger partial charge in [0.15, 0.2) is 6.10 Å². The molecule has 3 rings (SSSR count). The van der Waals surface area contributed by atoms with E-state index < -0.39 is 6.10 Å². The van der Waals surface area contributed by atoms with Crippen LogP contribution in [0.2, 0.25) is 10.0 Å². The first-order chi connectivity index (χ1) is 12.9. The summed E-state index contributed by atoms with van der Waals surface area (Å²) < 4.78 is 10.9. The number of rotatable bonds is 6. The minimum absolute atomic E-state index is 0.162. The van der Waals surface area contributed by atoms with Crippen molar-refractivity contribution < 1.29 is 14.1 Å². The van der Waals surface area contributed by atoms with Gasteiger partial charge in [-0.3, -0.25) is 4.79 Å². The molecule has 1 atom stereocenters. The van der Waals surface area contributed by atoms with Gasteiger partial charge in [0.25, 0.3) is 5.91 Å². The van der Waals surface area contributed by atoms with Gasteiger partial charge >= 0.3 is 0 Å². The van der Waals surface area contributed by atoms with Crippen LogP contribution in [0.3, 0.4) is 0 Å². The molecule has 140 valence electrons. The first kappa shape index (κ1) is 19.2. The van der Waals surface area contributed by atoms with Crippen molar-refractivity contribution in [2.45, 2.75) is 19.6 Å². The van der Waals surface area contributed by atoms with Crippen molar-refractivity contribution in [1.29, 1.82) is 0 Å². The second-order valence-electron chi connectivity index (χ2n) is 5.90. The van der Waals surface area contributed by atoms with Gasteiger partial charge in [0.1, 0.15) is 5.75 Å². The standard InChI is InChI=1S/C19H17Cl2N3O3/c1-12(26-16-6-4-3-5-15(16)21)19(25)24(2)11-17-22-18(23-27-17)13-7-9-14(20)10-8-13/h3-10,12H,11H2,1-2H3/t12-/m0/s1. The molecule has 0 saturated carbocycles. The number of carbonyl (C=O) groups excluding carboxylic acids is 1. The third-order valence-electron chi connectivity index (χ3n) is 3.81. The van der Waals surface area contributed by atoms with Crippen molar-refractivity contribution in [2.75, 3.05) is 7.05 Å². The summed E-state index contributed by atoms with van der Waals surface area (Å²) in [7, 11) is 1.64. The Morgan fingerprint density at radius 1 is 1.19 bits per heavy atom. The van der Waals surface area contributed by atoms with Crippen LogP contribution in [0.15, 0.2) is 53.1 Å². The molecule has 0 fully saturated rings. The van der Waals surface area contributed by atoms with E-state index in [9.17, 15) is 4.79 Å². The molecule has 1 aromatic heterocycles. The molecule has 2 aromatic carbocycles. The lowest BCUT2D eigenvalue weighted by molar-refractivity contribution is -0.137. The smallest absolute Gasteiger partial charge is 0.263 e. The van der Waals surface area contributed by atoms with Gasteiger partial charge in [-0.1, -0.05) is 40.5 Å². The number of para-hydroxylation sites is 1. The van der Waals surface area contributed by atoms with Crippen LogP contribution in [-0.2, 0) is 11.3 Å². The Labute approximate surface area is 166 Å². The number of likely N-dealkylation sites (N-methyl/N-ethyl adjacent to an activating group) is 1. The Hall–Kier alpha value is -2.57. The number of benzene rings is 2. The molecule has 0 aliphatic rings. The molecule has 0 bridgehead atoms. The van der Waals surface area contributed by atoms with Crippen molar-refractivity contribution in [3.05, 3.63) is 64.5 Å². The minimum atomic E-state index is -0.714. The lowest BCUT2D eigenvalue weighted by atomic mass is 10.2. The van der Waals surface area contributed by atoms with Crippen LogP contribution < -0.4 is 4.74 Å². The van der Waals surface area contributed by atoms with Gasteiger partial charge in [0.05, 0.1) is 11.6 Å². The lowest BCUT2D eigenvalue weighted by Gasteiger charge is -2.21. The molecule has 0 N–H and O–H groups in total. The Balaban J connectivity index is 1.63. The van der Waals surface area contributed by atoms with Gasteiger partial charge in [-0.2, -0.15) is 4.98 Å². The van der Waals surface area contributed by atoms with E-state index in [0.29, 0.717) is 27.5 Å². The fourth-order valence-corrected chi connectivity index (χ4v) is 2.71. The number of aromatic nitrogens is 2. The second-order valence-corrected chi connectivity index (χ2v) is 6.75. The molecule has 0 aliphatic carbocycles. The van der Waals surface area contributed by atoms with Gasteiger partial charge in [0, 0.05) is 17.6 Å². The molecule has 6 nitrogen and oxygen atoms in total. The number of amides is 1. The van der Waals surface area contributed by atoms with Crippen LogP contribution >= 0.6 is 23.2 Å². The molecular formula is C19H17Cl2N3O3. The summed E-state index contributed by atoms with van der Waals surface area (Å²) in [6.07, 6.45) is -0.714. The van der Waals surface area contributed by atoms with Crippen LogP contribution in [0, 0.1) is 0 Å². The van der Waals surface area contributed by atoms with Crippen molar-refractivity contribution in [3.63, 3.8) is 0 Å². The number of hydrogen-bond acceptors (Lipinski definition) is 5. The zero-order valence-electron chi connectivity index (χ0n) is 14.7. The van der Waals surface area contributed by atoms with Gasteiger partial charge < -0.3 is 14.2 Å². The molecule has 3 aromatic rings. The molecule has 1 heterocycles. The summed E-state index contributed by atoms with van der Waals surface area (Å²) in [6, 6.07) is 14.1. The van der Waals surface area contributed by atoms with Gasteiger partial charge in [0.2, 0.25) is 11.7 Å². The zero-order valence-corrected chi connectivity index (χ0v) is 16.2. The van der Waals surface area contributed by atoms with Crippen LogP contribution in [-0.4, -0.2) is 34.1 Å². The molecule has 0 saturated heterocycles. The fraction of sp³-hybridized carbons (Fsp3) is 0.211. The quantitative estimate of drug-likeness (QED) is 0.604. The predicted molar refractivity (Wildman–Crippen MR) is 103 cm³/mol. The van der Waals surface area contributed by atoms with Gasteiger partial charge in [-0.25, -0.2) is 0 Å². The molecule has 1 amide bonds. The van der Waals surface area contributed by atoms with E-state index in [-0.39, 0.29) is 12.5 Å². The number of halogens is 2. The second kappa shape index (κ2) is 8.41. The first-order valence-corrected chi connectivity index (χ1v) is 8.94.